The van der Waals surface area contributed by atoms with Crippen LogP contribution >= 0.6 is 0 Å². The van der Waals surface area contributed by atoms with E-state index in [-0.39, 0.29) is 17.9 Å². The number of aromatic nitrogens is 4. The number of ether oxygens (including phenoxy) is 1. The predicted molar refractivity (Wildman–Crippen MR) is 84.1 cm³/mol. The molecule has 0 aliphatic carbocycles. The molecule has 3 aromatic rings. The molecule has 3 aromatic heterocycles. The van der Waals surface area contributed by atoms with Crippen molar-refractivity contribution in [2.24, 2.45) is 0 Å². The second kappa shape index (κ2) is 5.13. The maximum Gasteiger partial charge on any atom is 0.196 e. The third-order valence-electron chi connectivity index (χ3n) is 4.19. The number of nitrogens with zero attached hydrogens (tertiary/aromatic N) is 4. The molecule has 1 fully saturated rings. The lowest BCUT2D eigenvalue weighted by atomic mass is 10.1. The molecular formula is C16H15N5O2. The molecule has 0 aromatic carbocycles. The molecule has 0 amide bonds. The van der Waals surface area contributed by atoms with Crippen molar-refractivity contribution in [1.82, 2.24) is 19.5 Å². The van der Waals surface area contributed by atoms with Gasteiger partial charge in [0.2, 0.25) is 0 Å². The van der Waals surface area contributed by atoms with E-state index in [0.29, 0.717) is 23.4 Å². The first-order valence-corrected chi connectivity index (χ1v) is 7.32. The molecule has 1 aliphatic heterocycles. The Kier molecular flexibility index (Phi) is 3.09. The largest absolute Gasteiger partial charge is 0.397 e. The Labute approximate surface area is 132 Å². The van der Waals surface area contributed by atoms with E-state index in [0.717, 1.165) is 11.0 Å². The zero-order chi connectivity index (χ0) is 16.0. The summed E-state index contributed by atoms with van der Waals surface area (Å²) in [4.78, 5) is 25.2. The fourth-order valence-electron chi connectivity index (χ4n) is 2.84. The molecule has 4 heterocycles. The van der Waals surface area contributed by atoms with Gasteiger partial charge in [0.15, 0.2) is 5.78 Å². The molecule has 1 aliphatic rings. The summed E-state index contributed by atoms with van der Waals surface area (Å²) in [6, 6.07) is 1.80. The average Bonchev–Trinajstić information content (AvgIpc) is 2.92. The number of carbonyl (C=O) groups excluding carboxylic acids is 1. The SMILES string of the molecule is CC1OCC1n1cc(C(=O)c2cncc(N)c2)c2cncnc21. The highest BCUT2D eigenvalue weighted by molar-refractivity contribution is 6.16. The number of anilines is 1. The van der Waals surface area contributed by atoms with E-state index in [1.54, 1.807) is 12.3 Å². The summed E-state index contributed by atoms with van der Waals surface area (Å²) >= 11 is 0. The minimum atomic E-state index is -0.142. The third-order valence-corrected chi connectivity index (χ3v) is 4.19. The molecule has 7 nitrogen and oxygen atoms in total. The van der Waals surface area contributed by atoms with Crippen LogP contribution < -0.4 is 5.73 Å². The molecule has 7 heteroatoms. The van der Waals surface area contributed by atoms with Crippen molar-refractivity contribution >= 4 is 22.5 Å². The van der Waals surface area contributed by atoms with Gasteiger partial charge in [-0.15, -0.1) is 0 Å². The first-order chi connectivity index (χ1) is 11.1. The molecular weight excluding hydrogens is 294 g/mol. The lowest BCUT2D eigenvalue weighted by Gasteiger charge is -2.35. The fourth-order valence-corrected chi connectivity index (χ4v) is 2.84. The zero-order valence-electron chi connectivity index (χ0n) is 12.5. The standard InChI is InChI=1S/C16H15N5O2/c1-9-14(7-23-9)21-6-13(12-5-19-8-20-16(12)21)15(22)10-2-11(17)4-18-3-10/h2-6,8-9,14H,7,17H2,1H3. The maximum absolute atomic E-state index is 12.8. The summed E-state index contributed by atoms with van der Waals surface area (Å²) < 4.78 is 7.44. The van der Waals surface area contributed by atoms with Gasteiger partial charge in [0, 0.05) is 35.7 Å². The minimum absolute atomic E-state index is 0.0950. The summed E-state index contributed by atoms with van der Waals surface area (Å²) in [7, 11) is 0. The lowest BCUT2D eigenvalue weighted by molar-refractivity contribution is -0.0916. The number of rotatable bonds is 3. The Bertz CT molecular complexity index is 904. The van der Waals surface area contributed by atoms with E-state index >= 15 is 0 Å². The minimum Gasteiger partial charge on any atom is -0.397 e. The number of hydrogen-bond acceptors (Lipinski definition) is 6. The molecule has 0 radical (unpaired) electrons. The van der Waals surface area contributed by atoms with Crippen LogP contribution in [0.25, 0.3) is 11.0 Å². The zero-order valence-corrected chi connectivity index (χ0v) is 12.5. The van der Waals surface area contributed by atoms with Gasteiger partial charge in [0.25, 0.3) is 0 Å². The number of nitrogen functional groups attached to an aromatic ring is 1. The van der Waals surface area contributed by atoms with E-state index < -0.39 is 0 Å². The van der Waals surface area contributed by atoms with Gasteiger partial charge in [-0.3, -0.25) is 9.78 Å². The smallest absolute Gasteiger partial charge is 0.196 e. The number of carbonyl (C=O) groups is 1. The third kappa shape index (κ3) is 2.17. The first-order valence-electron chi connectivity index (χ1n) is 7.32. The molecule has 0 spiro atoms. The fraction of sp³-hybridized carbons (Fsp3) is 0.250. The molecule has 2 N–H and O–H groups in total. The predicted octanol–water partition coefficient (Wildman–Crippen LogP) is 1.60. The average molecular weight is 309 g/mol. The highest BCUT2D eigenvalue weighted by Crippen LogP contribution is 2.31. The van der Waals surface area contributed by atoms with Crippen molar-refractivity contribution in [3.05, 3.63) is 48.3 Å². The van der Waals surface area contributed by atoms with Gasteiger partial charge in [0.05, 0.1) is 30.0 Å². The van der Waals surface area contributed by atoms with Crippen LogP contribution in [0.4, 0.5) is 5.69 Å². The Hall–Kier alpha value is -2.80. The summed E-state index contributed by atoms with van der Waals surface area (Å²) in [5.41, 5.74) is 7.92. The number of hydrogen-bond donors (Lipinski definition) is 1. The highest BCUT2D eigenvalue weighted by Gasteiger charge is 2.32. The second-order valence-electron chi connectivity index (χ2n) is 5.65. The normalized spacial score (nSPS) is 20.4. The second-order valence-corrected chi connectivity index (χ2v) is 5.65. The van der Waals surface area contributed by atoms with Crippen molar-refractivity contribution in [1.29, 1.82) is 0 Å². The van der Waals surface area contributed by atoms with Gasteiger partial charge in [-0.2, -0.15) is 0 Å². The Balaban J connectivity index is 1.85. The monoisotopic (exact) mass is 309 g/mol. The van der Waals surface area contributed by atoms with Crippen LogP contribution in [0.5, 0.6) is 0 Å². The van der Waals surface area contributed by atoms with Crippen LogP contribution in [0.2, 0.25) is 0 Å². The molecule has 1 saturated heterocycles. The molecule has 0 bridgehead atoms. The summed E-state index contributed by atoms with van der Waals surface area (Å²) in [6.07, 6.45) is 8.10. The number of pyridine rings is 1. The molecule has 116 valence electrons. The Morgan fingerprint density at radius 1 is 1.35 bits per heavy atom. The Morgan fingerprint density at radius 3 is 2.91 bits per heavy atom. The van der Waals surface area contributed by atoms with Crippen molar-refractivity contribution in [3.63, 3.8) is 0 Å². The van der Waals surface area contributed by atoms with Crippen molar-refractivity contribution in [2.45, 2.75) is 19.1 Å². The van der Waals surface area contributed by atoms with Gasteiger partial charge in [0.1, 0.15) is 12.0 Å². The number of ketones is 1. The van der Waals surface area contributed by atoms with Crippen molar-refractivity contribution in [3.8, 4) is 0 Å². The van der Waals surface area contributed by atoms with Crippen LogP contribution in [-0.2, 0) is 4.74 Å². The highest BCUT2D eigenvalue weighted by atomic mass is 16.5. The topological polar surface area (TPSA) is 95.9 Å². The van der Waals surface area contributed by atoms with Gasteiger partial charge in [-0.05, 0) is 13.0 Å². The molecule has 2 atom stereocenters. The van der Waals surface area contributed by atoms with Crippen molar-refractivity contribution < 1.29 is 9.53 Å². The van der Waals surface area contributed by atoms with E-state index in [1.807, 2.05) is 17.7 Å². The number of nitrogens with two attached hydrogens (primary N) is 1. The summed E-state index contributed by atoms with van der Waals surface area (Å²) in [6.45, 7) is 2.62. The van der Waals surface area contributed by atoms with Crippen molar-refractivity contribution in [2.75, 3.05) is 12.3 Å². The van der Waals surface area contributed by atoms with Crippen LogP contribution in [0.15, 0.2) is 37.2 Å². The summed E-state index contributed by atoms with van der Waals surface area (Å²) in [5, 5.41) is 0.721. The van der Waals surface area contributed by atoms with E-state index in [2.05, 4.69) is 15.0 Å². The van der Waals surface area contributed by atoms with E-state index in [1.165, 1.54) is 18.7 Å². The van der Waals surface area contributed by atoms with Crippen LogP contribution in [-0.4, -0.2) is 38.0 Å². The van der Waals surface area contributed by atoms with Crippen LogP contribution in [0.3, 0.4) is 0 Å². The summed E-state index contributed by atoms with van der Waals surface area (Å²) in [5.74, 6) is -0.142. The molecule has 0 saturated carbocycles. The van der Waals surface area contributed by atoms with Gasteiger partial charge in [-0.1, -0.05) is 0 Å². The molecule has 4 rings (SSSR count). The molecule has 23 heavy (non-hydrogen) atoms. The maximum atomic E-state index is 12.8. The van der Waals surface area contributed by atoms with Gasteiger partial charge < -0.3 is 15.0 Å². The van der Waals surface area contributed by atoms with E-state index in [9.17, 15) is 4.79 Å². The van der Waals surface area contributed by atoms with E-state index in [4.69, 9.17) is 10.5 Å². The number of fused-ring (bicyclic) bond motifs is 1. The Morgan fingerprint density at radius 2 is 2.22 bits per heavy atom. The first kappa shape index (κ1) is 13.8. The van der Waals surface area contributed by atoms with Crippen LogP contribution in [0, 0.1) is 0 Å². The quantitative estimate of drug-likeness (QED) is 0.738. The molecule has 2 unspecified atom stereocenters. The van der Waals surface area contributed by atoms with Gasteiger partial charge in [-0.25, -0.2) is 9.97 Å². The lowest BCUT2D eigenvalue weighted by Crippen LogP contribution is -2.38. The van der Waals surface area contributed by atoms with Crippen LogP contribution in [0.1, 0.15) is 28.9 Å². The van der Waals surface area contributed by atoms with Gasteiger partial charge >= 0.3 is 0 Å².